The number of aryl methyl sites for hydroxylation is 1. The van der Waals surface area contributed by atoms with E-state index in [0.717, 1.165) is 13.0 Å². The van der Waals surface area contributed by atoms with Crippen LogP contribution < -0.4 is 76.9 Å². The number of hydrogen-bond acceptors (Lipinski definition) is 12. The lowest BCUT2D eigenvalue weighted by Crippen LogP contribution is -2.60. The molecule has 434 valence electrons. The van der Waals surface area contributed by atoms with E-state index in [-0.39, 0.29) is 88.9 Å². The van der Waals surface area contributed by atoms with Crippen molar-refractivity contribution in [3.05, 3.63) is 71.9 Å². The first-order valence-corrected chi connectivity index (χ1v) is 25.8. The Balaban J connectivity index is 0.00000105. The second-order valence-electron chi connectivity index (χ2n) is 18.3. The number of aromatic amines is 1. The molecule has 0 bridgehead atoms. The number of carbonyl (C=O) groups excluding carboxylic acids is 8. The lowest BCUT2D eigenvalue weighted by atomic mass is 10.0. The number of rotatable bonds is 16. The number of aliphatic imine (C=N–C) groups is 3. The molecule has 1 saturated heterocycles. The van der Waals surface area contributed by atoms with Gasteiger partial charge in [0.2, 0.25) is 47.3 Å². The van der Waals surface area contributed by atoms with Gasteiger partial charge in [-0.2, -0.15) is 0 Å². The van der Waals surface area contributed by atoms with Gasteiger partial charge in [0.1, 0.15) is 36.3 Å². The molecule has 4 unspecified atom stereocenters. The molecule has 0 radical (unpaired) electrons. The predicted octanol–water partition coefficient (Wildman–Crippen LogP) is -2.68. The number of para-hydroxylation sites is 1. The van der Waals surface area contributed by atoms with Gasteiger partial charge in [-0.15, -0.1) is 0 Å². The van der Waals surface area contributed by atoms with E-state index in [4.69, 9.17) is 34.4 Å². The van der Waals surface area contributed by atoms with Gasteiger partial charge in [0, 0.05) is 56.6 Å². The predicted molar refractivity (Wildman–Crippen MR) is 299 cm³/mol. The molecule has 0 saturated carbocycles. The van der Waals surface area contributed by atoms with E-state index >= 15 is 0 Å². The van der Waals surface area contributed by atoms with Gasteiger partial charge in [-0.3, -0.25) is 53.3 Å². The molecule has 3 aromatic rings. The quantitative estimate of drug-likeness (QED) is 0.0395. The fourth-order valence-electron chi connectivity index (χ4n) is 7.43. The molecule has 1 aliphatic rings. The van der Waals surface area contributed by atoms with Crippen molar-refractivity contribution in [1.82, 2.24) is 47.5 Å². The molecule has 0 aliphatic carbocycles. The SMILES string of the molecule is CC(=O)NCC(=O)NC1CC(=O)NCCCCC(C(=O)O)NC(=O)[C@H](C)NC(=O)C(CCCN=C(N)N)NC(=O)C(Cc2ccccc2)NC(=O)[C@H](CCCN=C(N)N)NC1=O.CCCN=C(N)N.Cc1c[nH]c2ccccc12. The van der Waals surface area contributed by atoms with E-state index in [9.17, 15) is 48.3 Å². The van der Waals surface area contributed by atoms with Gasteiger partial charge >= 0.3 is 5.97 Å². The lowest BCUT2D eigenvalue weighted by molar-refractivity contribution is -0.142. The molecule has 1 fully saturated rings. The maximum Gasteiger partial charge on any atom is 0.326 e. The molecule has 28 nitrogen and oxygen atoms in total. The van der Waals surface area contributed by atoms with Crippen LogP contribution in [0.2, 0.25) is 0 Å². The number of nitrogens with two attached hydrogens (primary N) is 6. The van der Waals surface area contributed by atoms with Crippen molar-refractivity contribution >= 4 is 82.0 Å². The zero-order valence-electron chi connectivity index (χ0n) is 45.3. The first kappa shape index (κ1) is 66.1. The van der Waals surface area contributed by atoms with E-state index in [1.807, 2.05) is 19.2 Å². The van der Waals surface area contributed by atoms with Crippen molar-refractivity contribution < 1.29 is 48.3 Å². The van der Waals surface area contributed by atoms with Crippen LogP contribution in [0.3, 0.4) is 0 Å². The topological polar surface area (TPSA) is 479 Å². The second kappa shape index (κ2) is 36.1. The number of H-pyrrole nitrogens is 1. The van der Waals surface area contributed by atoms with Gasteiger partial charge in [0.05, 0.1) is 13.0 Å². The van der Waals surface area contributed by atoms with Crippen LogP contribution in [-0.4, -0.2) is 150 Å². The highest BCUT2D eigenvalue weighted by atomic mass is 16.4. The highest BCUT2D eigenvalue weighted by Gasteiger charge is 2.33. The number of aromatic nitrogens is 1. The number of aliphatic carboxylic acids is 1. The van der Waals surface area contributed by atoms with Crippen molar-refractivity contribution in [1.29, 1.82) is 0 Å². The van der Waals surface area contributed by atoms with E-state index < -0.39 is 102 Å². The van der Waals surface area contributed by atoms with Crippen LogP contribution in [0.4, 0.5) is 0 Å². The maximum atomic E-state index is 14.2. The average molecular weight is 1110 g/mol. The van der Waals surface area contributed by atoms with E-state index in [1.54, 1.807) is 30.3 Å². The Morgan fingerprint density at radius 3 is 1.78 bits per heavy atom. The molecule has 4 rings (SSSR count). The molecule has 0 spiro atoms. The third-order valence-corrected chi connectivity index (χ3v) is 11.5. The Kier molecular flexibility index (Phi) is 30.2. The van der Waals surface area contributed by atoms with Crippen molar-refractivity contribution in [2.24, 2.45) is 49.4 Å². The van der Waals surface area contributed by atoms with Crippen molar-refractivity contribution in [3.8, 4) is 0 Å². The fraction of sp³-hybridized carbons (Fsp3) is 0.490. The normalized spacial score (nSPS) is 19.6. The summed E-state index contributed by atoms with van der Waals surface area (Å²) in [7, 11) is 0. The zero-order chi connectivity index (χ0) is 58.9. The molecule has 1 aromatic heterocycles. The van der Waals surface area contributed by atoms with E-state index in [0.29, 0.717) is 5.56 Å². The summed E-state index contributed by atoms with van der Waals surface area (Å²) in [6, 6.07) is 8.55. The van der Waals surface area contributed by atoms with Crippen molar-refractivity contribution in [2.45, 2.75) is 128 Å². The molecule has 79 heavy (non-hydrogen) atoms. The molecular formula is C51H80N18O10. The molecule has 1 aliphatic heterocycles. The molecule has 8 amide bonds. The summed E-state index contributed by atoms with van der Waals surface area (Å²) in [4.78, 5) is 133. The van der Waals surface area contributed by atoms with Crippen molar-refractivity contribution in [3.63, 3.8) is 0 Å². The Bertz CT molecular complexity index is 2560. The third-order valence-electron chi connectivity index (χ3n) is 11.5. The summed E-state index contributed by atoms with van der Waals surface area (Å²) in [5.74, 6) is -7.96. The molecule has 2 heterocycles. The summed E-state index contributed by atoms with van der Waals surface area (Å²) in [6.45, 7) is 6.96. The second-order valence-corrected chi connectivity index (χ2v) is 18.3. The van der Waals surface area contributed by atoms with Crippen LogP contribution in [-0.2, 0) is 49.6 Å². The van der Waals surface area contributed by atoms with Crippen LogP contribution in [0.1, 0.15) is 89.7 Å². The maximum absolute atomic E-state index is 14.2. The van der Waals surface area contributed by atoms with Crippen LogP contribution >= 0.6 is 0 Å². The van der Waals surface area contributed by atoms with Crippen LogP contribution in [0.5, 0.6) is 0 Å². The molecule has 2 aromatic carbocycles. The largest absolute Gasteiger partial charge is 0.480 e. The number of hydrogen-bond donors (Lipinski definition) is 16. The summed E-state index contributed by atoms with van der Waals surface area (Å²) in [5, 5.41) is 31.2. The number of guanidine groups is 3. The number of amides is 8. The van der Waals surface area contributed by atoms with Gasteiger partial charge in [0.25, 0.3) is 0 Å². The minimum atomic E-state index is -1.57. The first-order valence-electron chi connectivity index (χ1n) is 25.8. The Morgan fingerprint density at radius 2 is 1.23 bits per heavy atom. The van der Waals surface area contributed by atoms with Gasteiger partial charge in [-0.05, 0) is 82.4 Å². The van der Waals surface area contributed by atoms with Gasteiger partial charge in [-0.25, -0.2) is 4.79 Å². The molecule has 28 heteroatoms. The van der Waals surface area contributed by atoms with Crippen LogP contribution in [0, 0.1) is 6.92 Å². The van der Waals surface area contributed by atoms with Gasteiger partial charge in [-0.1, -0.05) is 55.5 Å². The zero-order valence-corrected chi connectivity index (χ0v) is 45.3. The number of fused-ring (bicyclic) bond motifs is 1. The van der Waals surface area contributed by atoms with E-state index in [1.165, 1.54) is 30.3 Å². The monoisotopic (exact) mass is 1100 g/mol. The van der Waals surface area contributed by atoms with Crippen molar-refractivity contribution in [2.75, 3.05) is 32.7 Å². The highest BCUT2D eigenvalue weighted by Crippen LogP contribution is 2.16. The number of benzene rings is 2. The summed E-state index contributed by atoms with van der Waals surface area (Å²) < 4.78 is 0. The molecule has 22 N–H and O–H groups in total. The Labute approximate surface area is 458 Å². The number of carbonyl (C=O) groups is 9. The number of nitrogens with one attached hydrogen (secondary N) is 9. The van der Waals surface area contributed by atoms with E-state index in [2.05, 4.69) is 87.6 Å². The standard InChI is InChI=1S/C38H60N14O10.C9H9N.C4H11N3/c1-21-31(56)51-26(36(61)62)12-6-7-15-43-29(54)19-28(48-30(55)20-46-22(2)53)35(60)50-25(14-9-17-45-38(41)42)33(58)52-27(18-23-10-4-3-5-11-23)34(59)49-24(32(57)47-21)13-8-16-44-37(39)40;1-7-6-10-9-5-3-2-4-8(7)9;1-2-3-7-4(5)6/h3-5,10-11,21,24-28H,6-9,12-20H2,1-2H3,(H,43,54)(H,46,53)(H,47,57)(H,48,55)(H,49,59)(H,50,60)(H,51,56)(H,52,58)(H,61,62)(H4,39,40,44)(H4,41,42,45);2-6,10H,1H3;2-3H2,1H3,(H4,5,6,7)/t21-,24?,25-,26?,27?,28?;;/m0../s1. The Morgan fingerprint density at radius 1 is 0.684 bits per heavy atom. The Hall–Kier alpha value is -8.98. The van der Waals surface area contributed by atoms with Crippen LogP contribution in [0.15, 0.2) is 75.8 Å². The molecule has 6 atom stereocenters. The van der Waals surface area contributed by atoms with Gasteiger partial charge in [0.15, 0.2) is 17.9 Å². The average Bonchev–Trinajstić information content (AvgIpc) is 3.79. The van der Waals surface area contributed by atoms with Gasteiger partial charge < -0.3 is 87.0 Å². The van der Waals surface area contributed by atoms with Crippen LogP contribution in [0.25, 0.3) is 10.9 Å². The summed E-state index contributed by atoms with van der Waals surface area (Å²) in [5.41, 5.74) is 35.0. The minimum Gasteiger partial charge on any atom is -0.480 e. The summed E-state index contributed by atoms with van der Waals surface area (Å²) in [6.07, 6.45) is 2.88. The lowest BCUT2D eigenvalue weighted by Gasteiger charge is -2.27. The summed E-state index contributed by atoms with van der Waals surface area (Å²) >= 11 is 0. The number of carboxylic acids is 1. The minimum absolute atomic E-state index is 0.0178. The fourth-order valence-corrected chi connectivity index (χ4v) is 7.43. The highest BCUT2D eigenvalue weighted by molar-refractivity contribution is 5.98. The third kappa shape index (κ3) is 27.6. The smallest absolute Gasteiger partial charge is 0.326 e. The number of nitrogens with zero attached hydrogens (tertiary/aromatic N) is 3. The molecular weight excluding hydrogens is 1020 g/mol. The number of carboxylic acid groups (broad SMARTS) is 1. The first-order chi connectivity index (χ1) is 37.5.